The maximum absolute atomic E-state index is 9.92. The number of nitrogens with zero attached hydrogens (tertiary/aromatic N) is 4. The van der Waals surface area contributed by atoms with E-state index >= 15 is 0 Å². The van der Waals surface area contributed by atoms with E-state index in [1.807, 2.05) is 37.3 Å². The molecule has 32 heavy (non-hydrogen) atoms. The fourth-order valence-electron chi connectivity index (χ4n) is 3.25. The first kappa shape index (κ1) is 21.1. The Bertz CT molecular complexity index is 1270. The van der Waals surface area contributed by atoms with Gasteiger partial charge in [-0.1, -0.05) is 12.1 Å². The van der Waals surface area contributed by atoms with Crippen molar-refractivity contribution in [3.8, 4) is 40.2 Å². The first-order valence-electron chi connectivity index (χ1n) is 10.0. The van der Waals surface area contributed by atoms with Crippen LogP contribution in [0.15, 0.2) is 73.1 Å². The zero-order valence-corrected chi connectivity index (χ0v) is 17.4. The lowest BCUT2D eigenvalue weighted by Crippen LogP contribution is -2.11. The average Bonchev–Trinajstić information content (AvgIpc) is 2.84. The minimum atomic E-state index is -0.766. The maximum Gasteiger partial charge on any atom is 0.138 e. The predicted molar refractivity (Wildman–Crippen MR) is 121 cm³/mol. The van der Waals surface area contributed by atoms with Crippen LogP contribution in [0.3, 0.4) is 0 Å². The Hall–Kier alpha value is -4.12. The number of aryl methyl sites for hydroxylation is 1. The van der Waals surface area contributed by atoms with Crippen molar-refractivity contribution in [3.63, 3.8) is 0 Å². The third-order valence-electron chi connectivity index (χ3n) is 4.86. The number of rotatable bonds is 6. The molecule has 4 aromatic rings. The molecule has 0 fully saturated rings. The van der Waals surface area contributed by atoms with Crippen molar-refractivity contribution >= 4 is 0 Å². The summed E-state index contributed by atoms with van der Waals surface area (Å²) in [5.74, 6) is 1.06. The van der Waals surface area contributed by atoms with Crippen molar-refractivity contribution in [2.75, 3.05) is 6.54 Å². The second kappa shape index (κ2) is 9.35. The Balaban J connectivity index is 1.73. The molecule has 0 aliphatic heterocycles. The molecule has 1 aromatic carbocycles. The van der Waals surface area contributed by atoms with Crippen molar-refractivity contribution < 1.29 is 9.84 Å². The van der Waals surface area contributed by atoms with Crippen molar-refractivity contribution in [1.29, 1.82) is 5.26 Å². The summed E-state index contributed by atoms with van der Waals surface area (Å²) in [6.07, 6.45) is 2.54. The summed E-state index contributed by atoms with van der Waals surface area (Å²) < 4.78 is 6.22. The molecule has 0 saturated heterocycles. The summed E-state index contributed by atoms with van der Waals surface area (Å²) in [5, 5.41) is 19.3. The van der Waals surface area contributed by atoms with Gasteiger partial charge in [-0.2, -0.15) is 5.26 Å². The van der Waals surface area contributed by atoms with Gasteiger partial charge in [0.1, 0.15) is 11.5 Å². The summed E-state index contributed by atoms with van der Waals surface area (Å²) in [6.45, 7) is 2.00. The molecule has 3 N–H and O–H groups in total. The van der Waals surface area contributed by atoms with Gasteiger partial charge in [0, 0.05) is 47.9 Å². The van der Waals surface area contributed by atoms with Gasteiger partial charge in [0.15, 0.2) is 0 Å². The van der Waals surface area contributed by atoms with Crippen LogP contribution in [0, 0.1) is 18.3 Å². The molecule has 0 aliphatic rings. The normalized spacial score (nSPS) is 11.6. The molecular formula is C25H21N5O2. The molecule has 4 rings (SSSR count). The zero-order chi connectivity index (χ0) is 22.5. The van der Waals surface area contributed by atoms with E-state index in [4.69, 9.17) is 10.5 Å². The van der Waals surface area contributed by atoms with Crippen LogP contribution in [0.5, 0.6) is 11.5 Å². The number of ether oxygens (including phenoxy) is 1. The molecule has 0 radical (unpaired) electrons. The fraction of sp³-hybridized carbons (Fsp3) is 0.120. The van der Waals surface area contributed by atoms with Crippen LogP contribution in [0.25, 0.3) is 22.6 Å². The van der Waals surface area contributed by atoms with Crippen molar-refractivity contribution in [1.82, 2.24) is 15.0 Å². The molecule has 1 unspecified atom stereocenters. The quantitative estimate of drug-likeness (QED) is 0.478. The largest absolute Gasteiger partial charge is 0.456 e. The van der Waals surface area contributed by atoms with Crippen molar-refractivity contribution in [3.05, 3.63) is 89.9 Å². The van der Waals surface area contributed by atoms with E-state index in [0.717, 1.165) is 11.4 Å². The summed E-state index contributed by atoms with van der Waals surface area (Å²) in [6, 6.07) is 20.2. The fourth-order valence-corrected chi connectivity index (χ4v) is 3.25. The summed E-state index contributed by atoms with van der Waals surface area (Å²) >= 11 is 0. The highest BCUT2D eigenvalue weighted by Gasteiger charge is 2.13. The molecule has 0 aliphatic carbocycles. The van der Waals surface area contributed by atoms with E-state index < -0.39 is 6.10 Å². The lowest BCUT2D eigenvalue weighted by molar-refractivity contribution is 0.186. The Morgan fingerprint density at radius 3 is 2.59 bits per heavy atom. The zero-order valence-electron chi connectivity index (χ0n) is 17.4. The Morgan fingerprint density at radius 1 is 1.03 bits per heavy atom. The van der Waals surface area contributed by atoms with E-state index in [-0.39, 0.29) is 6.54 Å². The van der Waals surface area contributed by atoms with Gasteiger partial charge in [-0.05, 0) is 43.3 Å². The van der Waals surface area contributed by atoms with E-state index in [0.29, 0.717) is 39.6 Å². The summed E-state index contributed by atoms with van der Waals surface area (Å²) in [4.78, 5) is 13.4. The van der Waals surface area contributed by atoms with Crippen LogP contribution >= 0.6 is 0 Å². The van der Waals surface area contributed by atoms with Gasteiger partial charge in [-0.3, -0.25) is 15.0 Å². The minimum Gasteiger partial charge on any atom is -0.456 e. The molecule has 0 saturated carbocycles. The van der Waals surface area contributed by atoms with E-state index in [1.165, 1.54) is 0 Å². The standard InChI is InChI=1S/C25H21N5O2/c1-16-10-19(12-23(30-16)22-4-2-3-9-28-22)32-25-11-17(13-26)5-7-20(25)21-8-6-18(15-29-21)24(31)14-27/h2-12,15,24,31H,14,27H2,1H3. The van der Waals surface area contributed by atoms with Gasteiger partial charge in [0.2, 0.25) is 0 Å². The third-order valence-corrected chi connectivity index (χ3v) is 4.86. The van der Waals surface area contributed by atoms with Crippen molar-refractivity contribution in [2.24, 2.45) is 5.73 Å². The molecule has 7 heteroatoms. The first-order chi connectivity index (χ1) is 15.6. The highest BCUT2D eigenvalue weighted by atomic mass is 16.5. The van der Waals surface area contributed by atoms with Crippen LogP contribution in [-0.2, 0) is 0 Å². The predicted octanol–water partition coefficient (Wildman–Crippen LogP) is 4.17. The number of benzene rings is 1. The van der Waals surface area contributed by atoms with Crippen LogP contribution in [0.1, 0.15) is 22.9 Å². The van der Waals surface area contributed by atoms with Crippen molar-refractivity contribution in [2.45, 2.75) is 13.0 Å². The highest BCUT2D eigenvalue weighted by molar-refractivity contribution is 5.69. The number of hydrogen-bond acceptors (Lipinski definition) is 7. The molecular weight excluding hydrogens is 402 g/mol. The van der Waals surface area contributed by atoms with Gasteiger partial charge >= 0.3 is 0 Å². The van der Waals surface area contributed by atoms with Gasteiger partial charge in [0.25, 0.3) is 0 Å². The third kappa shape index (κ3) is 4.62. The van der Waals surface area contributed by atoms with E-state index in [9.17, 15) is 10.4 Å². The molecule has 0 amide bonds. The van der Waals surface area contributed by atoms with Crippen LogP contribution in [0.2, 0.25) is 0 Å². The highest BCUT2D eigenvalue weighted by Crippen LogP contribution is 2.35. The summed E-state index contributed by atoms with van der Waals surface area (Å²) in [7, 11) is 0. The Morgan fingerprint density at radius 2 is 1.91 bits per heavy atom. The van der Waals surface area contributed by atoms with E-state index in [1.54, 1.807) is 42.7 Å². The van der Waals surface area contributed by atoms with Crippen LogP contribution in [-0.4, -0.2) is 26.6 Å². The number of nitrogens with two attached hydrogens (primary N) is 1. The Kier molecular flexibility index (Phi) is 6.17. The number of aromatic nitrogens is 3. The molecule has 0 bridgehead atoms. The maximum atomic E-state index is 9.92. The number of nitriles is 1. The van der Waals surface area contributed by atoms with Crippen LogP contribution in [0.4, 0.5) is 0 Å². The monoisotopic (exact) mass is 423 g/mol. The van der Waals surface area contributed by atoms with Gasteiger partial charge in [0.05, 0.1) is 34.8 Å². The number of aliphatic hydroxyl groups is 1. The SMILES string of the molecule is Cc1cc(Oc2cc(C#N)ccc2-c2ccc(C(O)CN)cn2)cc(-c2ccccn2)n1. The van der Waals surface area contributed by atoms with Gasteiger partial charge in [-0.15, -0.1) is 0 Å². The molecule has 7 nitrogen and oxygen atoms in total. The number of aliphatic hydroxyl groups excluding tert-OH is 1. The molecule has 0 spiro atoms. The topological polar surface area (TPSA) is 118 Å². The van der Waals surface area contributed by atoms with Gasteiger partial charge in [-0.25, -0.2) is 0 Å². The lowest BCUT2D eigenvalue weighted by atomic mass is 10.1. The Labute approximate surface area is 185 Å². The summed E-state index contributed by atoms with van der Waals surface area (Å²) in [5.41, 5.74) is 10.2. The van der Waals surface area contributed by atoms with Gasteiger partial charge < -0.3 is 15.6 Å². The second-order valence-corrected chi connectivity index (χ2v) is 7.20. The number of hydrogen-bond donors (Lipinski definition) is 2. The van der Waals surface area contributed by atoms with E-state index in [2.05, 4.69) is 21.0 Å². The van der Waals surface area contributed by atoms with Crippen LogP contribution < -0.4 is 10.5 Å². The average molecular weight is 423 g/mol. The minimum absolute atomic E-state index is 0.117. The molecule has 3 aromatic heterocycles. The second-order valence-electron chi connectivity index (χ2n) is 7.20. The molecule has 158 valence electrons. The molecule has 3 heterocycles. The molecule has 1 atom stereocenters. The smallest absolute Gasteiger partial charge is 0.138 e. The lowest BCUT2D eigenvalue weighted by Gasteiger charge is -2.14. The first-order valence-corrected chi connectivity index (χ1v) is 10.0. The number of pyridine rings is 3.